The third-order valence-electron chi connectivity index (χ3n) is 4.53. The Balaban J connectivity index is 1.86. The third-order valence-corrected chi connectivity index (χ3v) is 4.86. The van der Waals surface area contributed by atoms with Crippen LogP contribution in [-0.4, -0.2) is 36.6 Å². The maximum Gasteiger partial charge on any atom is 0.0741 e. The number of fused-ring (bicyclic) bond motifs is 1. The number of nitrogens with two attached hydrogens (primary N) is 1. The zero-order valence-electron chi connectivity index (χ0n) is 11.5. The summed E-state index contributed by atoms with van der Waals surface area (Å²) in [5.41, 5.74) is 7.98. The number of halogens is 1. The van der Waals surface area contributed by atoms with Gasteiger partial charge in [0, 0.05) is 25.2 Å². The summed E-state index contributed by atoms with van der Waals surface area (Å²) in [6.07, 6.45) is 4.01. The number of hydrogen-bond donors (Lipinski definition) is 1. The van der Waals surface area contributed by atoms with Crippen molar-refractivity contribution in [1.29, 1.82) is 0 Å². The first kappa shape index (κ1) is 13.1. The lowest BCUT2D eigenvalue weighted by Crippen LogP contribution is -2.59. The molecular formula is C15H22ClN3. The molecule has 0 radical (unpaired) electrons. The van der Waals surface area contributed by atoms with E-state index in [1.807, 2.05) is 12.1 Å². The molecule has 3 nitrogen and oxygen atoms in total. The summed E-state index contributed by atoms with van der Waals surface area (Å²) in [6, 6.07) is 7.13. The Morgan fingerprint density at radius 1 is 1.26 bits per heavy atom. The molecule has 2 atom stereocenters. The van der Waals surface area contributed by atoms with Gasteiger partial charge in [-0.15, -0.1) is 0 Å². The first-order chi connectivity index (χ1) is 9.16. The number of nitrogens with zero attached hydrogens (tertiary/aromatic N) is 2. The van der Waals surface area contributed by atoms with Crippen LogP contribution >= 0.6 is 11.6 Å². The normalized spacial score (nSPS) is 28.2. The number of nitrogen functional groups attached to an aromatic ring is 1. The summed E-state index contributed by atoms with van der Waals surface area (Å²) in [6.45, 7) is 5.75. The lowest BCUT2D eigenvalue weighted by molar-refractivity contribution is 0.115. The Labute approximate surface area is 120 Å². The van der Waals surface area contributed by atoms with Crippen molar-refractivity contribution >= 4 is 23.0 Å². The Hall–Kier alpha value is -0.930. The molecule has 0 bridgehead atoms. The van der Waals surface area contributed by atoms with E-state index in [0.29, 0.717) is 17.1 Å². The van der Waals surface area contributed by atoms with E-state index < -0.39 is 0 Å². The molecule has 3 rings (SSSR count). The molecule has 2 fully saturated rings. The van der Waals surface area contributed by atoms with Crippen molar-refractivity contribution in [3.63, 3.8) is 0 Å². The van der Waals surface area contributed by atoms with E-state index in [-0.39, 0.29) is 0 Å². The lowest BCUT2D eigenvalue weighted by atomic mass is 9.96. The number of para-hydroxylation sites is 1. The molecule has 2 saturated heterocycles. The van der Waals surface area contributed by atoms with Crippen LogP contribution in [0.5, 0.6) is 0 Å². The van der Waals surface area contributed by atoms with E-state index in [0.717, 1.165) is 24.5 Å². The van der Waals surface area contributed by atoms with Crippen LogP contribution in [0.1, 0.15) is 26.2 Å². The largest absolute Gasteiger partial charge is 0.396 e. The van der Waals surface area contributed by atoms with Crippen LogP contribution in [0.2, 0.25) is 5.02 Å². The molecule has 0 aliphatic carbocycles. The van der Waals surface area contributed by atoms with Gasteiger partial charge < -0.3 is 10.6 Å². The molecule has 4 heteroatoms. The molecule has 0 spiro atoms. The molecule has 2 heterocycles. The van der Waals surface area contributed by atoms with Crippen molar-refractivity contribution in [2.45, 2.75) is 38.3 Å². The highest BCUT2D eigenvalue weighted by molar-refractivity contribution is 6.33. The minimum atomic E-state index is 0.495. The van der Waals surface area contributed by atoms with Crippen LogP contribution in [-0.2, 0) is 0 Å². The highest BCUT2D eigenvalue weighted by atomic mass is 35.5. The predicted molar refractivity (Wildman–Crippen MR) is 81.9 cm³/mol. The second-order valence-corrected chi connectivity index (χ2v) is 6.23. The molecule has 0 aromatic heterocycles. The standard InChI is InChI=1S/C15H22ClN3/c1-11-9-18-8-3-2-5-12(18)10-19(11)14-7-4-6-13(16)15(14)17/h4,6-7,11-12H,2-3,5,8-10,17H2,1H3. The van der Waals surface area contributed by atoms with Gasteiger partial charge in [-0.2, -0.15) is 0 Å². The maximum atomic E-state index is 6.16. The predicted octanol–water partition coefficient (Wildman–Crippen LogP) is 2.99. The molecule has 19 heavy (non-hydrogen) atoms. The molecule has 104 valence electrons. The Kier molecular flexibility index (Phi) is 3.59. The fourth-order valence-electron chi connectivity index (χ4n) is 3.46. The number of anilines is 2. The van der Waals surface area contributed by atoms with E-state index in [4.69, 9.17) is 17.3 Å². The molecule has 2 aliphatic rings. The lowest BCUT2D eigenvalue weighted by Gasteiger charge is -2.48. The molecular weight excluding hydrogens is 258 g/mol. The quantitative estimate of drug-likeness (QED) is 0.802. The first-order valence-corrected chi connectivity index (χ1v) is 7.59. The number of piperidine rings is 1. The summed E-state index contributed by atoms with van der Waals surface area (Å²) in [5.74, 6) is 0. The van der Waals surface area contributed by atoms with Crippen molar-refractivity contribution < 1.29 is 0 Å². The van der Waals surface area contributed by atoms with E-state index in [2.05, 4.69) is 22.8 Å². The van der Waals surface area contributed by atoms with Gasteiger partial charge in [-0.25, -0.2) is 0 Å². The Morgan fingerprint density at radius 2 is 2.11 bits per heavy atom. The SMILES string of the molecule is CC1CN2CCCCC2CN1c1cccc(Cl)c1N. The van der Waals surface area contributed by atoms with Crippen LogP contribution in [0.3, 0.4) is 0 Å². The number of piperazine rings is 1. The molecule has 2 aliphatic heterocycles. The number of rotatable bonds is 1. The van der Waals surface area contributed by atoms with Crippen LogP contribution < -0.4 is 10.6 Å². The molecule has 0 amide bonds. The van der Waals surface area contributed by atoms with Gasteiger partial charge in [0.25, 0.3) is 0 Å². The van der Waals surface area contributed by atoms with Gasteiger partial charge in [0.15, 0.2) is 0 Å². The van der Waals surface area contributed by atoms with Gasteiger partial charge in [-0.05, 0) is 38.4 Å². The van der Waals surface area contributed by atoms with Gasteiger partial charge in [0.05, 0.1) is 16.4 Å². The van der Waals surface area contributed by atoms with E-state index in [1.54, 1.807) is 0 Å². The monoisotopic (exact) mass is 279 g/mol. The summed E-state index contributed by atoms with van der Waals surface area (Å²) in [5, 5.41) is 0.663. The zero-order valence-corrected chi connectivity index (χ0v) is 12.2. The Morgan fingerprint density at radius 3 is 2.95 bits per heavy atom. The fourth-order valence-corrected chi connectivity index (χ4v) is 3.63. The molecule has 2 unspecified atom stereocenters. The number of benzene rings is 1. The second-order valence-electron chi connectivity index (χ2n) is 5.82. The van der Waals surface area contributed by atoms with Gasteiger partial charge in [0.1, 0.15) is 0 Å². The van der Waals surface area contributed by atoms with Crippen LogP contribution in [0.4, 0.5) is 11.4 Å². The maximum absolute atomic E-state index is 6.16. The highest BCUT2D eigenvalue weighted by Gasteiger charge is 2.33. The molecule has 1 aromatic carbocycles. The highest BCUT2D eigenvalue weighted by Crippen LogP contribution is 2.34. The van der Waals surface area contributed by atoms with Gasteiger partial charge in [-0.1, -0.05) is 24.1 Å². The van der Waals surface area contributed by atoms with Crippen molar-refractivity contribution in [1.82, 2.24) is 4.90 Å². The Bertz CT molecular complexity index is 463. The average Bonchev–Trinajstić information content (AvgIpc) is 2.41. The van der Waals surface area contributed by atoms with Crippen molar-refractivity contribution in [3.05, 3.63) is 23.2 Å². The summed E-state index contributed by atoms with van der Waals surface area (Å²) in [4.78, 5) is 5.08. The van der Waals surface area contributed by atoms with E-state index in [1.165, 1.54) is 25.8 Å². The average molecular weight is 280 g/mol. The summed E-state index contributed by atoms with van der Waals surface area (Å²) >= 11 is 6.16. The van der Waals surface area contributed by atoms with Crippen molar-refractivity contribution in [2.75, 3.05) is 30.3 Å². The summed E-state index contributed by atoms with van der Waals surface area (Å²) < 4.78 is 0. The summed E-state index contributed by atoms with van der Waals surface area (Å²) in [7, 11) is 0. The fraction of sp³-hybridized carbons (Fsp3) is 0.600. The second kappa shape index (κ2) is 5.22. The topological polar surface area (TPSA) is 32.5 Å². The van der Waals surface area contributed by atoms with Crippen molar-refractivity contribution in [3.8, 4) is 0 Å². The van der Waals surface area contributed by atoms with Gasteiger partial charge >= 0.3 is 0 Å². The van der Waals surface area contributed by atoms with Gasteiger partial charge in [-0.3, -0.25) is 4.90 Å². The van der Waals surface area contributed by atoms with Crippen LogP contribution in [0.25, 0.3) is 0 Å². The first-order valence-electron chi connectivity index (χ1n) is 7.21. The van der Waals surface area contributed by atoms with Crippen LogP contribution in [0, 0.1) is 0 Å². The zero-order chi connectivity index (χ0) is 13.4. The van der Waals surface area contributed by atoms with Crippen LogP contribution in [0.15, 0.2) is 18.2 Å². The minimum Gasteiger partial charge on any atom is -0.396 e. The van der Waals surface area contributed by atoms with E-state index >= 15 is 0 Å². The smallest absolute Gasteiger partial charge is 0.0741 e. The third kappa shape index (κ3) is 2.41. The molecule has 0 saturated carbocycles. The number of hydrogen-bond acceptors (Lipinski definition) is 3. The van der Waals surface area contributed by atoms with Crippen molar-refractivity contribution in [2.24, 2.45) is 0 Å². The molecule has 2 N–H and O–H groups in total. The van der Waals surface area contributed by atoms with Gasteiger partial charge in [0.2, 0.25) is 0 Å². The van der Waals surface area contributed by atoms with E-state index in [9.17, 15) is 0 Å². The molecule has 1 aromatic rings. The minimum absolute atomic E-state index is 0.495.